The van der Waals surface area contributed by atoms with E-state index in [0.717, 1.165) is 29.4 Å². The molecule has 0 fully saturated rings. The minimum absolute atomic E-state index is 0.495. The average molecular weight is 225 g/mol. The number of rotatable bonds is 2. The van der Waals surface area contributed by atoms with Crippen molar-refractivity contribution in [2.24, 2.45) is 0 Å². The van der Waals surface area contributed by atoms with Crippen LogP contribution >= 0.6 is 0 Å². The van der Waals surface area contributed by atoms with Gasteiger partial charge in [-0.1, -0.05) is 19.9 Å². The van der Waals surface area contributed by atoms with Gasteiger partial charge in [-0.2, -0.15) is 5.26 Å². The maximum Gasteiger partial charge on any atom is 0.101 e. The molecule has 3 nitrogen and oxygen atoms in total. The zero-order chi connectivity index (χ0) is 12.4. The molecule has 0 aliphatic heterocycles. The molecule has 2 aromatic rings. The zero-order valence-electron chi connectivity index (χ0n) is 10.1. The number of nitrogen functional groups attached to an aromatic ring is 1. The Bertz CT molecular complexity index is 609. The van der Waals surface area contributed by atoms with Gasteiger partial charge in [0.15, 0.2) is 0 Å². The van der Waals surface area contributed by atoms with Crippen LogP contribution in [0.1, 0.15) is 30.7 Å². The predicted octanol–water partition coefficient (Wildman–Crippen LogP) is 2.81. The van der Waals surface area contributed by atoms with E-state index in [1.54, 1.807) is 6.07 Å². The zero-order valence-corrected chi connectivity index (χ0v) is 10.1. The Morgan fingerprint density at radius 2 is 2.06 bits per heavy atom. The largest absolute Gasteiger partial charge is 0.396 e. The molecule has 2 rings (SSSR count). The molecule has 0 spiro atoms. The Balaban J connectivity index is 2.86. The number of nitriles is 1. The average Bonchev–Trinajstić information content (AvgIpc) is 2.38. The summed E-state index contributed by atoms with van der Waals surface area (Å²) in [6.07, 6.45) is 1.82. The fourth-order valence-electron chi connectivity index (χ4n) is 2.01. The normalized spacial score (nSPS) is 10.4. The van der Waals surface area contributed by atoms with Crippen LogP contribution in [0.3, 0.4) is 0 Å². The van der Waals surface area contributed by atoms with E-state index < -0.39 is 0 Å². The first-order valence-corrected chi connectivity index (χ1v) is 5.82. The number of hydrogen-bond donors (Lipinski definition) is 1. The van der Waals surface area contributed by atoms with Crippen molar-refractivity contribution in [3.8, 4) is 6.07 Å². The van der Waals surface area contributed by atoms with E-state index in [-0.39, 0.29) is 0 Å². The van der Waals surface area contributed by atoms with Gasteiger partial charge < -0.3 is 5.73 Å². The molecule has 1 aromatic carbocycles. The Morgan fingerprint density at radius 3 is 2.65 bits per heavy atom. The highest BCUT2D eigenvalue weighted by molar-refractivity contribution is 5.94. The Morgan fingerprint density at radius 1 is 1.29 bits per heavy atom. The number of fused-ring (bicyclic) bond motifs is 1. The number of pyridine rings is 1. The van der Waals surface area contributed by atoms with Crippen LogP contribution in [0, 0.1) is 11.3 Å². The summed E-state index contributed by atoms with van der Waals surface area (Å²) < 4.78 is 0. The molecule has 1 aromatic heterocycles. The van der Waals surface area contributed by atoms with E-state index in [9.17, 15) is 0 Å². The summed E-state index contributed by atoms with van der Waals surface area (Å²) in [7, 11) is 0. The lowest BCUT2D eigenvalue weighted by Gasteiger charge is -2.09. The number of aryl methyl sites for hydroxylation is 2. The predicted molar refractivity (Wildman–Crippen MR) is 69.6 cm³/mol. The molecule has 3 heteroatoms. The van der Waals surface area contributed by atoms with E-state index >= 15 is 0 Å². The van der Waals surface area contributed by atoms with Crippen molar-refractivity contribution >= 4 is 16.6 Å². The number of aromatic nitrogens is 1. The van der Waals surface area contributed by atoms with Crippen LogP contribution in [-0.2, 0) is 12.8 Å². The lowest BCUT2D eigenvalue weighted by Crippen LogP contribution is -1.99. The molecule has 2 N–H and O–H groups in total. The SMILES string of the molecule is CCc1cc(CC)c2ccc(C#N)c(N)c2n1. The number of nitrogens with zero attached hydrogens (tertiary/aromatic N) is 2. The molecule has 0 aliphatic rings. The summed E-state index contributed by atoms with van der Waals surface area (Å²) in [6.45, 7) is 4.18. The van der Waals surface area contributed by atoms with E-state index in [0.29, 0.717) is 11.3 Å². The third kappa shape index (κ3) is 1.83. The summed E-state index contributed by atoms with van der Waals surface area (Å²) in [4.78, 5) is 4.53. The smallest absolute Gasteiger partial charge is 0.101 e. The lowest BCUT2D eigenvalue weighted by molar-refractivity contribution is 1.03. The summed E-state index contributed by atoms with van der Waals surface area (Å²) in [5.41, 5.74) is 10.0. The Labute approximate surface area is 101 Å². The summed E-state index contributed by atoms with van der Waals surface area (Å²) >= 11 is 0. The standard InChI is InChI=1S/C14H15N3/c1-3-9-7-11(4-2)17-14-12(9)6-5-10(8-15)13(14)16/h5-7H,3-4,16H2,1-2H3. The molecule has 0 saturated carbocycles. The number of hydrogen-bond acceptors (Lipinski definition) is 3. The van der Waals surface area contributed by atoms with Crippen LogP contribution in [0.5, 0.6) is 0 Å². The van der Waals surface area contributed by atoms with Gasteiger partial charge in [-0.25, -0.2) is 0 Å². The van der Waals surface area contributed by atoms with Crippen LogP contribution in [0.15, 0.2) is 18.2 Å². The second-order valence-corrected chi connectivity index (χ2v) is 4.01. The van der Waals surface area contributed by atoms with Crippen LogP contribution in [0.4, 0.5) is 5.69 Å². The molecule has 0 aliphatic carbocycles. The number of benzene rings is 1. The molecular weight excluding hydrogens is 210 g/mol. The van der Waals surface area contributed by atoms with E-state index in [1.807, 2.05) is 6.07 Å². The molecule has 0 amide bonds. The highest BCUT2D eigenvalue weighted by Gasteiger charge is 2.09. The first-order chi connectivity index (χ1) is 8.21. The van der Waals surface area contributed by atoms with Gasteiger partial charge in [-0.05, 0) is 30.5 Å². The quantitative estimate of drug-likeness (QED) is 0.799. The Kier molecular flexibility index (Phi) is 2.97. The van der Waals surface area contributed by atoms with Gasteiger partial charge in [0.2, 0.25) is 0 Å². The highest BCUT2D eigenvalue weighted by atomic mass is 14.7. The number of anilines is 1. The van der Waals surface area contributed by atoms with E-state index in [4.69, 9.17) is 11.0 Å². The van der Waals surface area contributed by atoms with Crippen molar-refractivity contribution in [1.82, 2.24) is 4.98 Å². The fourth-order valence-corrected chi connectivity index (χ4v) is 2.01. The van der Waals surface area contributed by atoms with Crippen LogP contribution in [0.25, 0.3) is 10.9 Å². The lowest BCUT2D eigenvalue weighted by atomic mass is 10.0. The van der Waals surface area contributed by atoms with Gasteiger partial charge in [0, 0.05) is 11.1 Å². The minimum Gasteiger partial charge on any atom is -0.396 e. The molecule has 0 atom stereocenters. The van der Waals surface area contributed by atoms with Gasteiger partial charge in [0.1, 0.15) is 6.07 Å². The molecule has 0 radical (unpaired) electrons. The van der Waals surface area contributed by atoms with E-state index in [2.05, 4.69) is 31.0 Å². The number of nitrogens with two attached hydrogens (primary N) is 1. The van der Waals surface area contributed by atoms with Crippen molar-refractivity contribution in [2.75, 3.05) is 5.73 Å². The van der Waals surface area contributed by atoms with Crippen LogP contribution < -0.4 is 5.73 Å². The molecule has 86 valence electrons. The summed E-state index contributed by atoms with van der Waals surface area (Å²) in [5.74, 6) is 0. The third-order valence-corrected chi connectivity index (χ3v) is 3.02. The molecule has 0 bridgehead atoms. The molecule has 0 unspecified atom stereocenters. The van der Waals surface area contributed by atoms with Crippen molar-refractivity contribution in [1.29, 1.82) is 5.26 Å². The second kappa shape index (κ2) is 4.42. The van der Waals surface area contributed by atoms with Crippen LogP contribution in [-0.4, -0.2) is 4.98 Å². The van der Waals surface area contributed by atoms with Crippen molar-refractivity contribution in [3.05, 3.63) is 35.0 Å². The van der Waals surface area contributed by atoms with Gasteiger partial charge in [-0.15, -0.1) is 0 Å². The molecule has 0 saturated heterocycles. The van der Waals surface area contributed by atoms with Gasteiger partial charge >= 0.3 is 0 Å². The van der Waals surface area contributed by atoms with Crippen LogP contribution in [0.2, 0.25) is 0 Å². The molecular formula is C14H15N3. The van der Waals surface area contributed by atoms with Gasteiger partial charge in [0.05, 0.1) is 16.8 Å². The van der Waals surface area contributed by atoms with Gasteiger partial charge in [0.25, 0.3) is 0 Å². The van der Waals surface area contributed by atoms with Crippen molar-refractivity contribution < 1.29 is 0 Å². The van der Waals surface area contributed by atoms with Crippen molar-refractivity contribution in [2.45, 2.75) is 26.7 Å². The maximum atomic E-state index is 8.97. The summed E-state index contributed by atoms with van der Waals surface area (Å²) in [6, 6.07) is 7.92. The molecule has 1 heterocycles. The first kappa shape index (κ1) is 11.4. The maximum absolute atomic E-state index is 8.97. The third-order valence-electron chi connectivity index (χ3n) is 3.02. The summed E-state index contributed by atoms with van der Waals surface area (Å²) in [5, 5.41) is 10.0. The first-order valence-electron chi connectivity index (χ1n) is 5.82. The monoisotopic (exact) mass is 225 g/mol. The topological polar surface area (TPSA) is 62.7 Å². The van der Waals surface area contributed by atoms with Crippen molar-refractivity contribution in [3.63, 3.8) is 0 Å². The second-order valence-electron chi connectivity index (χ2n) is 4.01. The van der Waals surface area contributed by atoms with E-state index in [1.165, 1.54) is 5.56 Å². The Hall–Kier alpha value is -2.08. The van der Waals surface area contributed by atoms with Gasteiger partial charge in [-0.3, -0.25) is 4.98 Å². The molecule has 17 heavy (non-hydrogen) atoms. The minimum atomic E-state index is 0.495. The fraction of sp³-hybridized carbons (Fsp3) is 0.286. The highest BCUT2D eigenvalue weighted by Crippen LogP contribution is 2.26.